The van der Waals surface area contributed by atoms with Crippen molar-refractivity contribution in [2.75, 3.05) is 0 Å². The first-order valence-corrected chi connectivity index (χ1v) is 20.8. The van der Waals surface area contributed by atoms with Gasteiger partial charge in [0, 0.05) is 0 Å². The fourth-order valence-corrected chi connectivity index (χ4v) is 19.2. The Morgan fingerprint density at radius 2 is 1.25 bits per heavy atom. The van der Waals surface area contributed by atoms with Gasteiger partial charge in [0.2, 0.25) is 0 Å². The van der Waals surface area contributed by atoms with Crippen molar-refractivity contribution < 1.29 is 5.11 Å². The molecule has 0 amide bonds. The van der Waals surface area contributed by atoms with Crippen molar-refractivity contribution in [3.63, 3.8) is 0 Å². The van der Waals surface area contributed by atoms with E-state index in [1.165, 1.54) is 63.0 Å². The molecule has 176 valence electrons. The summed E-state index contributed by atoms with van der Waals surface area (Å²) in [6.07, 6.45) is 11.9. The summed E-state index contributed by atoms with van der Waals surface area (Å²) in [5, 5.41) is 11.3. The molecule has 0 aliphatic rings. The average molecular weight is 541 g/mol. The number of aryl methyl sites for hydroxylation is 1. The Bertz CT molecular complexity index is 718. The number of rotatable bonds is 16. The van der Waals surface area contributed by atoms with Gasteiger partial charge in [-0.05, 0) is 0 Å². The van der Waals surface area contributed by atoms with Gasteiger partial charge in [0.1, 0.15) is 0 Å². The van der Waals surface area contributed by atoms with E-state index in [4.69, 9.17) is 0 Å². The number of aliphatic hydroxyl groups is 1. The molecule has 32 heavy (non-hydrogen) atoms. The molecule has 0 fully saturated rings. The maximum absolute atomic E-state index is 11.3. The molecule has 0 saturated heterocycles. The molecular weight excluding hydrogens is 495 g/mol. The minimum atomic E-state index is -2.37. The van der Waals surface area contributed by atoms with Crippen LogP contribution in [0.1, 0.15) is 82.8 Å². The Balaban J connectivity index is 2.26. The minimum absolute atomic E-state index is 0.0980. The van der Waals surface area contributed by atoms with Crippen molar-refractivity contribution in [2.24, 2.45) is 0 Å². The van der Waals surface area contributed by atoms with Gasteiger partial charge in [0.25, 0.3) is 0 Å². The predicted octanol–water partition coefficient (Wildman–Crippen LogP) is 8.71. The zero-order valence-corrected chi connectivity index (χ0v) is 23.7. The normalized spacial score (nSPS) is 14.0. The zero-order valence-electron chi connectivity index (χ0n) is 20.8. The van der Waals surface area contributed by atoms with Gasteiger partial charge >= 0.3 is 203 Å². The van der Waals surface area contributed by atoms with Crippen molar-refractivity contribution in [3.8, 4) is 0 Å². The van der Waals surface area contributed by atoms with E-state index < -0.39 is 18.4 Å². The summed E-state index contributed by atoms with van der Waals surface area (Å²) >= 11 is -2.37. The number of hydrogen-bond donors (Lipinski definition) is 1. The van der Waals surface area contributed by atoms with Crippen LogP contribution in [-0.4, -0.2) is 29.6 Å². The van der Waals surface area contributed by atoms with E-state index in [1.807, 2.05) is 0 Å². The number of benzene rings is 2. The summed E-state index contributed by atoms with van der Waals surface area (Å²) in [6, 6.07) is 21.3. The topological polar surface area (TPSA) is 20.2 Å². The second kappa shape index (κ2) is 15.7. The van der Waals surface area contributed by atoms with E-state index in [1.54, 1.807) is 0 Å². The van der Waals surface area contributed by atoms with E-state index in [-0.39, 0.29) is 12.0 Å². The van der Waals surface area contributed by atoms with Crippen LogP contribution in [0.25, 0.3) is 0 Å². The van der Waals surface area contributed by atoms with E-state index in [2.05, 4.69) is 91.6 Å². The van der Waals surface area contributed by atoms with Crippen LogP contribution in [0.3, 0.4) is 0 Å². The van der Waals surface area contributed by atoms with E-state index in [0.717, 1.165) is 12.8 Å². The summed E-state index contributed by atoms with van der Waals surface area (Å²) in [6.45, 7) is 7.00. The van der Waals surface area contributed by atoms with Crippen LogP contribution in [0, 0.1) is 0 Å². The van der Waals surface area contributed by atoms with Gasteiger partial charge in [0.05, 0.1) is 0 Å². The van der Waals surface area contributed by atoms with Crippen LogP contribution >= 0.6 is 0 Å². The average Bonchev–Trinajstić information content (AvgIpc) is 2.84. The summed E-state index contributed by atoms with van der Waals surface area (Å²) in [4.78, 5) is 0. The molecule has 0 heterocycles. The first-order valence-electron chi connectivity index (χ1n) is 13.1. The van der Waals surface area contributed by atoms with E-state index in [0.29, 0.717) is 0 Å². The number of hydrogen-bond acceptors (Lipinski definition) is 1. The van der Waals surface area contributed by atoms with Gasteiger partial charge in [-0.25, -0.2) is 0 Å². The van der Waals surface area contributed by atoms with Gasteiger partial charge < -0.3 is 0 Å². The molecule has 0 aromatic heterocycles. The van der Waals surface area contributed by atoms with Crippen LogP contribution in [0.5, 0.6) is 0 Å². The van der Waals surface area contributed by atoms with Crippen LogP contribution < -0.4 is 0 Å². The fraction of sp³-hybridized carbons (Fsp3) is 0.533. The Morgan fingerprint density at radius 1 is 0.750 bits per heavy atom. The van der Waals surface area contributed by atoms with Crippen molar-refractivity contribution in [1.82, 2.24) is 0 Å². The third kappa shape index (κ3) is 9.43. The summed E-state index contributed by atoms with van der Waals surface area (Å²) in [5.41, 5.74) is 2.57. The number of unbranched alkanes of at least 4 members (excludes halogenated alkanes) is 3. The van der Waals surface area contributed by atoms with Crippen LogP contribution in [0.4, 0.5) is 0 Å². The van der Waals surface area contributed by atoms with Crippen molar-refractivity contribution in [2.45, 2.75) is 97.5 Å². The molecule has 0 unspecified atom stereocenters. The van der Waals surface area contributed by atoms with Crippen LogP contribution in [-0.2, 0) is 6.42 Å². The van der Waals surface area contributed by atoms with Crippen molar-refractivity contribution in [3.05, 3.63) is 82.0 Å². The second-order valence-electron chi connectivity index (χ2n) is 9.56. The summed E-state index contributed by atoms with van der Waals surface area (Å²) in [7, 11) is 0. The molecule has 2 heteroatoms. The fourth-order valence-electron chi connectivity index (χ4n) is 4.79. The Hall–Kier alpha value is -1.06. The summed E-state index contributed by atoms with van der Waals surface area (Å²) < 4.78 is 7.16. The summed E-state index contributed by atoms with van der Waals surface area (Å²) in [5.74, 6) is 0.0980. The molecule has 0 aliphatic carbocycles. The second-order valence-corrected chi connectivity index (χ2v) is 22.6. The predicted molar refractivity (Wildman–Crippen MR) is 144 cm³/mol. The molecule has 0 spiro atoms. The van der Waals surface area contributed by atoms with Gasteiger partial charge in [-0.3, -0.25) is 0 Å². The molecule has 1 nitrogen and oxygen atoms in total. The van der Waals surface area contributed by atoms with Crippen molar-refractivity contribution in [1.29, 1.82) is 0 Å². The quantitative estimate of drug-likeness (QED) is 0.211. The molecule has 0 bridgehead atoms. The Labute approximate surface area is 202 Å². The molecule has 1 N–H and O–H groups in total. The molecule has 2 aromatic carbocycles. The van der Waals surface area contributed by atoms with Crippen LogP contribution in [0.15, 0.2) is 70.8 Å². The molecule has 2 rings (SSSR count). The molecule has 2 aromatic rings. The molecule has 0 radical (unpaired) electrons. The number of aliphatic hydroxyl groups excluding tert-OH is 1. The van der Waals surface area contributed by atoms with Gasteiger partial charge in [-0.2, -0.15) is 0 Å². The SMILES string of the molecule is CCC[CH2][Sn](/[CH]=C/[C@@H](c1ccccc1)[C@H](O)CCc1ccccc1)([CH2]CCC)[CH2]CCC. The molecule has 2 atom stereocenters. The first-order chi connectivity index (χ1) is 15.6. The van der Waals surface area contributed by atoms with Crippen molar-refractivity contribution >= 4 is 18.4 Å². The molecular formula is C30H46OSn. The molecule has 0 saturated carbocycles. The Morgan fingerprint density at radius 3 is 1.75 bits per heavy atom. The monoisotopic (exact) mass is 542 g/mol. The zero-order chi connectivity index (χ0) is 23.1. The standard InChI is InChI=1S/C18H19O.3C4H9.Sn/c1-2-17(16-11-7-4-8-12-16)18(19)14-13-15-9-5-3-6-10-15;3*1-3-4-2;/h1-12,17-19H,13-14H2;3*1,3-4H2,2H3;/t17-,18+;;;;/m0..../s1. The third-order valence-electron chi connectivity index (χ3n) is 6.91. The van der Waals surface area contributed by atoms with E-state index in [9.17, 15) is 5.11 Å². The Kier molecular flexibility index (Phi) is 13.4. The van der Waals surface area contributed by atoms with E-state index >= 15 is 0 Å². The molecule has 0 aliphatic heterocycles. The van der Waals surface area contributed by atoms with Crippen LogP contribution in [0.2, 0.25) is 13.3 Å². The van der Waals surface area contributed by atoms with Gasteiger partial charge in [-0.15, -0.1) is 0 Å². The third-order valence-corrected chi connectivity index (χ3v) is 21.0. The van der Waals surface area contributed by atoms with Gasteiger partial charge in [-0.1, -0.05) is 0 Å². The maximum atomic E-state index is 11.3. The first kappa shape index (κ1) is 27.2. The van der Waals surface area contributed by atoms with Gasteiger partial charge in [0.15, 0.2) is 0 Å².